The number of hydrazone groups is 1. The number of rotatable bonds is 6. The van der Waals surface area contributed by atoms with E-state index in [1.807, 2.05) is 0 Å². The van der Waals surface area contributed by atoms with E-state index in [4.69, 9.17) is 14.2 Å². The number of nitrogens with one attached hydrogen (secondary N) is 2. The molecule has 0 spiro atoms. The van der Waals surface area contributed by atoms with Crippen LogP contribution in [-0.2, 0) is 9.59 Å². The highest BCUT2D eigenvalue weighted by Crippen LogP contribution is 2.28. The number of amides is 2. The van der Waals surface area contributed by atoms with Gasteiger partial charge in [0.2, 0.25) is 0 Å². The van der Waals surface area contributed by atoms with E-state index in [0.29, 0.717) is 22.9 Å². The van der Waals surface area contributed by atoms with E-state index in [0.717, 1.165) is 5.56 Å². The molecule has 0 bridgehead atoms. The van der Waals surface area contributed by atoms with Crippen LogP contribution in [0.25, 0.3) is 0 Å². The third-order valence-corrected chi connectivity index (χ3v) is 3.36. The molecule has 0 saturated heterocycles. The van der Waals surface area contributed by atoms with Crippen LogP contribution in [0.3, 0.4) is 0 Å². The summed E-state index contributed by atoms with van der Waals surface area (Å²) in [6.07, 6.45) is 1.42. The first-order chi connectivity index (χ1) is 12.6. The van der Waals surface area contributed by atoms with E-state index in [1.165, 1.54) is 20.4 Å². The second kappa shape index (κ2) is 9.07. The summed E-state index contributed by atoms with van der Waals surface area (Å²) in [5, 5.41) is 6.21. The summed E-state index contributed by atoms with van der Waals surface area (Å²) in [6.45, 7) is 0. The van der Waals surface area contributed by atoms with E-state index >= 15 is 0 Å². The zero-order valence-corrected chi connectivity index (χ0v) is 14.6. The van der Waals surface area contributed by atoms with Gasteiger partial charge < -0.3 is 19.5 Å². The van der Waals surface area contributed by atoms with Crippen molar-refractivity contribution in [2.45, 2.75) is 0 Å². The molecule has 0 aliphatic carbocycles. The predicted molar refractivity (Wildman–Crippen MR) is 96.9 cm³/mol. The highest BCUT2D eigenvalue weighted by atomic mass is 16.5. The maximum Gasteiger partial charge on any atom is 0.329 e. The number of carbonyl (C=O) groups is 2. The first-order valence-electron chi connectivity index (χ1n) is 7.58. The molecular formula is C18H19N3O5. The molecule has 2 N–H and O–H groups in total. The molecule has 136 valence electrons. The van der Waals surface area contributed by atoms with Gasteiger partial charge in [-0.15, -0.1) is 0 Å². The van der Waals surface area contributed by atoms with Crippen molar-refractivity contribution in [1.82, 2.24) is 5.43 Å². The molecule has 0 aliphatic rings. The quantitative estimate of drug-likeness (QED) is 0.467. The van der Waals surface area contributed by atoms with Crippen LogP contribution in [0.2, 0.25) is 0 Å². The van der Waals surface area contributed by atoms with E-state index in [-0.39, 0.29) is 0 Å². The van der Waals surface area contributed by atoms with Crippen molar-refractivity contribution in [3.05, 3.63) is 48.0 Å². The molecule has 8 nitrogen and oxygen atoms in total. The van der Waals surface area contributed by atoms with Gasteiger partial charge in [-0.2, -0.15) is 5.10 Å². The SMILES string of the molecule is COc1ccc(/C=N\NC(=O)C(=O)Nc2ccc(OC)cc2OC)cc1. The monoisotopic (exact) mass is 357 g/mol. The minimum absolute atomic E-state index is 0.340. The van der Waals surface area contributed by atoms with Crippen LogP contribution in [-0.4, -0.2) is 39.4 Å². The van der Waals surface area contributed by atoms with Gasteiger partial charge in [-0.1, -0.05) is 0 Å². The smallest absolute Gasteiger partial charge is 0.329 e. The molecule has 0 aliphatic heterocycles. The fraction of sp³-hybridized carbons (Fsp3) is 0.167. The van der Waals surface area contributed by atoms with E-state index in [1.54, 1.807) is 49.6 Å². The van der Waals surface area contributed by atoms with Crippen LogP contribution in [0.15, 0.2) is 47.6 Å². The minimum Gasteiger partial charge on any atom is -0.497 e. The maximum absolute atomic E-state index is 12.0. The Balaban J connectivity index is 1.95. The molecule has 0 unspecified atom stereocenters. The molecule has 0 aromatic heterocycles. The topological polar surface area (TPSA) is 98.2 Å². The summed E-state index contributed by atoms with van der Waals surface area (Å²) in [4.78, 5) is 23.8. The third kappa shape index (κ3) is 4.97. The van der Waals surface area contributed by atoms with Crippen LogP contribution in [0, 0.1) is 0 Å². The highest BCUT2D eigenvalue weighted by Gasteiger charge is 2.15. The van der Waals surface area contributed by atoms with Crippen LogP contribution >= 0.6 is 0 Å². The van der Waals surface area contributed by atoms with Gasteiger partial charge in [0, 0.05) is 6.07 Å². The number of ether oxygens (including phenoxy) is 3. The zero-order valence-electron chi connectivity index (χ0n) is 14.6. The number of methoxy groups -OCH3 is 3. The van der Waals surface area contributed by atoms with Crippen LogP contribution in [0.4, 0.5) is 5.69 Å². The number of nitrogens with zero attached hydrogens (tertiary/aromatic N) is 1. The van der Waals surface area contributed by atoms with Crippen LogP contribution < -0.4 is 25.0 Å². The van der Waals surface area contributed by atoms with E-state index in [9.17, 15) is 9.59 Å². The van der Waals surface area contributed by atoms with Gasteiger partial charge in [0.25, 0.3) is 0 Å². The van der Waals surface area contributed by atoms with E-state index in [2.05, 4.69) is 15.8 Å². The number of anilines is 1. The summed E-state index contributed by atoms with van der Waals surface area (Å²) in [5.41, 5.74) is 3.24. The van der Waals surface area contributed by atoms with Crippen molar-refractivity contribution in [3.63, 3.8) is 0 Å². The van der Waals surface area contributed by atoms with Gasteiger partial charge in [0.05, 0.1) is 33.2 Å². The van der Waals surface area contributed by atoms with Gasteiger partial charge in [-0.3, -0.25) is 9.59 Å². The molecular weight excluding hydrogens is 338 g/mol. The van der Waals surface area contributed by atoms with Crippen LogP contribution in [0.1, 0.15) is 5.56 Å². The number of benzene rings is 2. The third-order valence-electron chi connectivity index (χ3n) is 3.36. The normalized spacial score (nSPS) is 10.3. The Hall–Kier alpha value is -3.55. The Kier molecular flexibility index (Phi) is 6.55. The second-order valence-corrected chi connectivity index (χ2v) is 4.99. The molecule has 2 aromatic rings. The lowest BCUT2D eigenvalue weighted by Crippen LogP contribution is -2.32. The molecule has 0 heterocycles. The molecule has 2 aromatic carbocycles. The van der Waals surface area contributed by atoms with Gasteiger partial charge in [-0.25, -0.2) is 5.43 Å². The average molecular weight is 357 g/mol. The first kappa shape index (κ1) is 18.8. The lowest BCUT2D eigenvalue weighted by molar-refractivity contribution is -0.136. The molecule has 0 saturated carbocycles. The fourth-order valence-corrected chi connectivity index (χ4v) is 1.99. The maximum atomic E-state index is 12.0. The molecule has 26 heavy (non-hydrogen) atoms. The number of hydrogen-bond donors (Lipinski definition) is 2. The van der Waals surface area contributed by atoms with Crippen molar-refractivity contribution >= 4 is 23.7 Å². The summed E-state index contributed by atoms with van der Waals surface area (Å²) in [5.74, 6) is -0.146. The highest BCUT2D eigenvalue weighted by molar-refractivity contribution is 6.39. The average Bonchev–Trinajstić information content (AvgIpc) is 2.68. The largest absolute Gasteiger partial charge is 0.497 e. The Morgan fingerprint density at radius 1 is 0.885 bits per heavy atom. The first-order valence-corrected chi connectivity index (χ1v) is 7.58. The Bertz CT molecular complexity index is 803. The Labute approximate surface area is 150 Å². The van der Waals surface area contributed by atoms with Gasteiger partial charge in [0.15, 0.2) is 0 Å². The number of hydrogen-bond acceptors (Lipinski definition) is 6. The van der Waals surface area contributed by atoms with Crippen molar-refractivity contribution in [1.29, 1.82) is 0 Å². The van der Waals surface area contributed by atoms with Gasteiger partial charge in [0.1, 0.15) is 17.2 Å². The minimum atomic E-state index is -0.910. The molecule has 2 rings (SSSR count). The van der Waals surface area contributed by atoms with E-state index < -0.39 is 11.8 Å². The lowest BCUT2D eigenvalue weighted by Gasteiger charge is -2.10. The van der Waals surface area contributed by atoms with Gasteiger partial charge >= 0.3 is 11.8 Å². The zero-order chi connectivity index (χ0) is 18.9. The van der Waals surface area contributed by atoms with Crippen molar-refractivity contribution < 1.29 is 23.8 Å². The Morgan fingerprint density at radius 2 is 1.54 bits per heavy atom. The molecule has 0 fully saturated rings. The summed E-state index contributed by atoms with van der Waals surface area (Å²) < 4.78 is 15.3. The standard InChI is InChI=1S/C18H19N3O5/c1-24-13-6-4-12(5-7-13)11-19-21-18(23)17(22)20-15-9-8-14(25-2)10-16(15)26-3/h4-11H,1-3H3,(H,20,22)(H,21,23)/b19-11-. The van der Waals surface area contributed by atoms with Crippen molar-refractivity contribution in [3.8, 4) is 17.2 Å². The predicted octanol–water partition coefficient (Wildman–Crippen LogP) is 1.80. The molecule has 2 amide bonds. The molecule has 8 heteroatoms. The van der Waals surface area contributed by atoms with Crippen molar-refractivity contribution in [2.75, 3.05) is 26.6 Å². The summed E-state index contributed by atoms with van der Waals surface area (Å²) in [7, 11) is 4.53. The van der Waals surface area contributed by atoms with Gasteiger partial charge in [-0.05, 0) is 42.0 Å². The fourth-order valence-electron chi connectivity index (χ4n) is 1.99. The summed E-state index contributed by atoms with van der Waals surface area (Å²) >= 11 is 0. The molecule has 0 atom stereocenters. The van der Waals surface area contributed by atoms with Crippen molar-refractivity contribution in [2.24, 2.45) is 5.10 Å². The summed E-state index contributed by atoms with van der Waals surface area (Å²) in [6, 6.07) is 11.8. The lowest BCUT2D eigenvalue weighted by atomic mass is 10.2. The second-order valence-electron chi connectivity index (χ2n) is 4.99. The molecule has 0 radical (unpaired) electrons. The Morgan fingerprint density at radius 3 is 2.15 bits per heavy atom. The van der Waals surface area contributed by atoms with Crippen LogP contribution in [0.5, 0.6) is 17.2 Å². The number of carbonyl (C=O) groups excluding carboxylic acids is 2.